The van der Waals surface area contributed by atoms with Gasteiger partial charge in [-0.05, 0) is 19.3 Å². The van der Waals surface area contributed by atoms with E-state index in [4.69, 9.17) is 0 Å². The summed E-state index contributed by atoms with van der Waals surface area (Å²) in [6.45, 7) is 6.97. The molecule has 0 amide bonds. The van der Waals surface area contributed by atoms with Crippen LogP contribution in [0.1, 0.15) is 175 Å². The molecule has 0 atom stereocenters. The fourth-order valence-corrected chi connectivity index (χ4v) is 7.90. The summed E-state index contributed by atoms with van der Waals surface area (Å²) in [5.41, 5.74) is 0. The first-order valence-electron chi connectivity index (χ1n) is 15.2. The standard InChI is InChI=1S/C30H63Si/c1-4-7-10-13-16-19-22-25-28-31(29-26-23-20-17-14-11-8-5-2)30-27-24-21-18-15-12-9-6-3/h4-30H2,1-3H3/q+1. The van der Waals surface area contributed by atoms with Crippen molar-refractivity contribution < 1.29 is 0 Å². The lowest BCUT2D eigenvalue weighted by Crippen LogP contribution is -2.12. The zero-order valence-corrected chi connectivity index (χ0v) is 23.6. The van der Waals surface area contributed by atoms with Crippen LogP contribution in [0, 0.1) is 0 Å². The number of rotatable bonds is 27. The lowest BCUT2D eigenvalue weighted by Gasteiger charge is -2.06. The SMILES string of the molecule is CCCCCCCCCC[Si+](CCCCCCCCCC)CCCCCCCCCC. The Morgan fingerprint density at radius 3 is 0.677 bits per heavy atom. The Morgan fingerprint density at radius 2 is 0.452 bits per heavy atom. The van der Waals surface area contributed by atoms with Crippen molar-refractivity contribution in [3.8, 4) is 0 Å². The van der Waals surface area contributed by atoms with Gasteiger partial charge >= 0.3 is 8.80 Å². The molecule has 0 bridgehead atoms. The maximum atomic E-state index is 2.32. The molecule has 1 heteroatoms. The summed E-state index contributed by atoms with van der Waals surface area (Å²) in [5.74, 6) is 0. The molecule has 0 aromatic carbocycles. The van der Waals surface area contributed by atoms with E-state index >= 15 is 0 Å². The molecule has 0 heterocycles. The highest BCUT2D eigenvalue weighted by Gasteiger charge is 2.24. The first-order valence-corrected chi connectivity index (χ1v) is 17.3. The van der Waals surface area contributed by atoms with Gasteiger partial charge < -0.3 is 0 Å². The first kappa shape index (κ1) is 31.2. The summed E-state index contributed by atoms with van der Waals surface area (Å²) in [7, 11) is -0.0475. The molecule has 0 unspecified atom stereocenters. The Morgan fingerprint density at radius 1 is 0.258 bits per heavy atom. The molecular weight excluding hydrogens is 388 g/mol. The van der Waals surface area contributed by atoms with Crippen molar-refractivity contribution in [2.24, 2.45) is 0 Å². The molecular formula is C30H63Si+. The predicted octanol–water partition coefficient (Wildman–Crippen LogP) is 11.9. The van der Waals surface area contributed by atoms with Crippen LogP contribution in [0.2, 0.25) is 18.1 Å². The molecule has 0 aliphatic rings. The molecule has 186 valence electrons. The third-order valence-electron chi connectivity index (χ3n) is 7.15. The highest BCUT2D eigenvalue weighted by atomic mass is 28.3. The van der Waals surface area contributed by atoms with Crippen molar-refractivity contribution in [3.05, 3.63) is 0 Å². The van der Waals surface area contributed by atoms with Crippen molar-refractivity contribution in [1.29, 1.82) is 0 Å². The Hall–Kier alpha value is 0.217. The molecule has 0 aliphatic carbocycles. The lowest BCUT2D eigenvalue weighted by molar-refractivity contribution is 0.577. The van der Waals surface area contributed by atoms with Crippen LogP contribution >= 0.6 is 0 Å². The molecule has 0 spiro atoms. The summed E-state index contributed by atoms with van der Waals surface area (Å²) in [4.78, 5) is 0. The molecule has 0 saturated carbocycles. The van der Waals surface area contributed by atoms with E-state index in [1.165, 1.54) is 135 Å². The zero-order valence-electron chi connectivity index (χ0n) is 22.6. The van der Waals surface area contributed by atoms with Gasteiger partial charge in [-0.1, -0.05) is 156 Å². The number of hydrogen-bond acceptors (Lipinski definition) is 0. The van der Waals surface area contributed by atoms with E-state index in [-0.39, 0.29) is 8.80 Å². The second kappa shape index (κ2) is 28.2. The fraction of sp³-hybridized carbons (Fsp3) is 1.00. The van der Waals surface area contributed by atoms with Crippen molar-refractivity contribution in [1.82, 2.24) is 0 Å². The van der Waals surface area contributed by atoms with Crippen LogP contribution in [-0.4, -0.2) is 8.80 Å². The van der Waals surface area contributed by atoms with Gasteiger partial charge in [0.2, 0.25) is 0 Å². The molecule has 31 heavy (non-hydrogen) atoms. The van der Waals surface area contributed by atoms with Gasteiger partial charge in [0.1, 0.15) is 0 Å². The molecule has 0 nitrogen and oxygen atoms in total. The van der Waals surface area contributed by atoms with Gasteiger partial charge in [-0.15, -0.1) is 0 Å². The summed E-state index contributed by atoms with van der Waals surface area (Å²) in [6, 6.07) is 4.89. The highest BCUT2D eigenvalue weighted by molar-refractivity contribution is 6.58. The Kier molecular flexibility index (Phi) is 28.4. The Bertz CT molecular complexity index is 253. The second-order valence-electron chi connectivity index (χ2n) is 10.4. The largest absolute Gasteiger partial charge is 0.314 e. The van der Waals surface area contributed by atoms with E-state index in [0.717, 1.165) is 0 Å². The van der Waals surface area contributed by atoms with Gasteiger partial charge in [-0.2, -0.15) is 0 Å². The van der Waals surface area contributed by atoms with Crippen LogP contribution in [0.25, 0.3) is 0 Å². The molecule has 0 aliphatic heterocycles. The van der Waals surface area contributed by atoms with Crippen LogP contribution in [0.4, 0.5) is 0 Å². The summed E-state index contributed by atoms with van der Waals surface area (Å²) >= 11 is 0. The fourth-order valence-electron chi connectivity index (χ4n) is 4.90. The molecule has 0 aromatic heterocycles. The maximum Gasteiger partial charge on any atom is 0.314 e. The zero-order chi connectivity index (χ0) is 22.7. The normalized spacial score (nSPS) is 11.3. The molecule has 0 rings (SSSR count). The summed E-state index contributed by atoms with van der Waals surface area (Å²) in [6.07, 6.45) is 35.6. The minimum Gasteiger partial charge on any atom is -0.0654 e. The lowest BCUT2D eigenvalue weighted by atomic mass is 10.1. The van der Waals surface area contributed by atoms with Gasteiger partial charge in [0.25, 0.3) is 0 Å². The Labute approximate surface area is 201 Å². The van der Waals surface area contributed by atoms with Gasteiger partial charge in [-0.25, -0.2) is 0 Å². The maximum absolute atomic E-state index is 2.32. The van der Waals surface area contributed by atoms with E-state index in [2.05, 4.69) is 20.8 Å². The van der Waals surface area contributed by atoms with E-state index in [1.807, 2.05) is 0 Å². The predicted molar refractivity (Wildman–Crippen MR) is 148 cm³/mol. The minimum absolute atomic E-state index is 0.0475. The van der Waals surface area contributed by atoms with Gasteiger partial charge in [-0.3, -0.25) is 0 Å². The molecule has 0 saturated heterocycles. The average Bonchev–Trinajstić information content (AvgIpc) is 2.78. The van der Waals surface area contributed by atoms with Crippen LogP contribution in [0.15, 0.2) is 0 Å². The number of unbranched alkanes of at least 4 members (excludes halogenated alkanes) is 21. The monoisotopic (exact) mass is 451 g/mol. The van der Waals surface area contributed by atoms with Crippen molar-refractivity contribution in [2.45, 2.75) is 193 Å². The van der Waals surface area contributed by atoms with Crippen molar-refractivity contribution in [3.63, 3.8) is 0 Å². The third kappa shape index (κ3) is 26.3. The molecule has 0 aromatic rings. The Balaban J connectivity index is 3.82. The quantitative estimate of drug-likeness (QED) is 0.0860. The van der Waals surface area contributed by atoms with Crippen molar-refractivity contribution in [2.75, 3.05) is 0 Å². The van der Waals surface area contributed by atoms with Gasteiger partial charge in [0.05, 0.1) is 18.1 Å². The van der Waals surface area contributed by atoms with Crippen molar-refractivity contribution >= 4 is 8.80 Å². The van der Waals surface area contributed by atoms with E-state index in [0.29, 0.717) is 0 Å². The second-order valence-corrected chi connectivity index (χ2v) is 13.4. The topological polar surface area (TPSA) is 0 Å². The smallest absolute Gasteiger partial charge is 0.0654 e. The van der Waals surface area contributed by atoms with Crippen LogP contribution < -0.4 is 0 Å². The average molecular weight is 452 g/mol. The van der Waals surface area contributed by atoms with Crippen LogP contribution in [-0.2, 0) is 0 Å². The molecule has 0 radical (unpaired) electrons. The highest BCUT2D eigenvalue weighted by Crippen LogP contribution is 2.21. The van der Waals surface area contributed by atoms with E-state index in [9.17, 15) is 0 Å². The van der Waals surface area contributed by atoms with E-state index < -0.39 is 0 Å². The van der Waals surface area contributed by atoms with Gasteiger partial charge in [0, 0.05) is 0 Å². The third-order valence-corrected chi connectivity index (χ3v) is 10.3. The minimum atomic E-state index is -0.0475. The van der Waals surface area contributed by atoms with Crippen LogP contribution in [0.3, 0.4) is 0 Å². The first-order chi connectivity index (χ1) is 15.3. The number of hydrogen-bond donors (Lipinski definition) is 0. The van der Waals surface area contributed by atoms with E-state index in [1.54, 1.807) is 37.4 Å². The molecule has 0 N–H and O–H groups in total. The molecule has 0 fully saturated rings. The summed E-state index contributed by atoms with van der Waals surface area (Å²) < 4.78 is 0. The van der Waals surface area contributed by atoms with Crippen LogP contribution in [0.5, 0.6) is 0 Å². The van der Waals surface area contributed by atoms with Gasteiger partial charge in [0.15, 0.2) is 0 Å². The summed E-state index contributed by atoms with van der Waals surface area (Å²) in [5, 5.41) is 0.